The number of carbonyl (C=O) groups is 1. The number of aryl methyl sites for hydroxylation is 2. The summed E-state index contributed by atoms with van der Waals surface area (Å²) in [6, 6.07) is 13.3. The standard InChI is InChI=1S/C18H21NO2/c1-12(2)19-18(20)15-6-5-7-16(11-15)21-17-9-8-13(3)14(4)10-17/h5-12H,1-4H3,(H,19,20). The summed E-state index contributed by atoms with van der Waals surface area (Å²) in [7, 11) is 0. The Morgan fingerprint density at radius 1 is 1.00 bits per heavy atom. The first-order valence-corrected chi connectivity index (χ1v) is 7.12. The summed E-state index contributed by atoms with van der Waals surface area (Å²) in [5, 5.41) is 2.87. The van der Waals surface area contributed by atoms with E-state index in [9.17, 15) is 4.79 Å². The molecule has 0 saturated heterocycles. The molecule has 0 bridgehead atoms. The number of hydrogen-bond acceptors (Lipinski definition) is 2. The average Bonchev–Trinajstić information content (AvgIpc) is 2.42. The second-order valence-corrected chi connectivity index (χ2v) is 5.50. The van der Waals surface area contributed by atoms with Crippen molar-refractivity contribution in [1.29, 1.82) is 0 Å². The van der Waals surface area contributed by atoms with E-state index >= 15 is 0 Å². The van der Waals surface area contributed by atoms with Gasteiger partial charge in [-0.15, -0.1) is 0 Å². The highest BCUT2D eigenvalue weighted by atomic mass is 16.5. The SMILES string of the molecule is Cc1ccc(Oc2cccc(C(=O)NC(C)C)c2)cc1C. The van der Waals surface area contributed by atoms with Gasteiger partial charge in [0.1, 0.15) is 11.5 Å². The van der Waals surface area contributed by atoms with Gasteiger partial charge in [0, 0.05) is 11.6 Å². The summed E-state index contributed by atoms with van der Waals surface area (Å²) in [4.78, 5) is 12.0. The van der Waals surface area contributed by atoms with Crippen molar-refractivity contribution < 1.29 is 9.53 Å². The normalized spacial score (nSPS) is 10.5. The first-order chi connectivity index (χ1) is 9.95. The molecule has 0 radical (unpaired) electrons. The maximum absolute atomic E-state index is 12.0. The van der Waals surface area contributed by atoms with Gasteiger partial charge in [0.15, 0.2) is 0 Å². The van der Waals surface area contributed by atoms with Crippen LogP contribution in [0.25, 0.3) is 0 Å². The second-order valence-electron chi connectivity index (χ2n) is 5.50. The maximum atomic E-state index is 12.0. The van der Waals surface area contributed by atoms with Crippen molar-refractivity contribution in [2.45, 2.75) is 33.7 Å². The van der Waals surface area contributed by atoms with Crippen LogP contribution in [-0.4, -0.2) is 11.9 Å². The fraction of sp³-hybridized carbons (Fsp3) is 0.278. The largest absolute Gasteiger partial charge is 0.457 e. The number of nitrogens with one attached hydrogen (secondary N) is 1. The van der Waals surface area contributed by atoms with Crippen molar-refractivity contribution in [3.63, 3.8) is 0 Å². The molecule has 3 nitrogen and oxygen atoms in total. The fourth-order valence-electron chi connectivity index (χ4n) is 1.96. The van der Waals surface area contributed by atoms with Crippen LogP contribution in [0.4, 0.5) is 0 Å². The molecule has 2 aromatic carbocycles. The Morgan fingerprint density at radius 2 is 1.71 bits per heavy atom. The molecule has 0 aliphatic carbocycles. The average molecular weight is 283 g/mol. The van der Waals surface area contributed by atoms with E-state index in [4.69, 9.17) is 4.74 Å². The molecule has 0 aliphatic heterocycles. The maximum Gasteiger partial charge on any atom is 0.251 e. The Hall–Kier alpha value is -2.29. The van der Waals surface area contributed by atoms with Gasteiger partial charge in [-0.25, -0.2) is 0 Å². The molecule has 0 saturated carbocycles. The minimum Gasteiger partial charge on any atom is -0.457 e. The number of carbonyl (C=O) groups excluding carboxylic acids is 1. The van der Waals surface area contributed by atoms with E-state index in [0.717, 1.165) is 5.75 Å². The zero-order valence-corrected chi connectivity index (χ0v) is 12.9. The first kappa shape index (κ1) is 15.1. The number of rotatable bonds is 4. The Bertz CT molecular complexity index is 647. The van der Waals surface area contributed by atoms with E-state index in [-0.39, 0.29) is 11.9 Å². The van der Waals surface area contributed by atoms with Crippen molar-refractivity contribution in [1.82, 2.24) is 5.32 Å². The van der Waals surface area contributed by atoms with Crippen LogP contribution in [0.3, 0.4) is 0 Å². The van der Waals surface area contributed by atoms with Gasteiger partial charge < -0.3 is 10.1 Å². The zero-order valence-electron chi connectivity index (χ0n) is 12.9. The lowest BCUT2D eigenvalue weighted by molar-refractivity contribution is 0.0943. The monoisotopic (exact) mass is 283 g/mol. The molecule has 1 amide bonds. The molecule has 2 rings (SSSR count). The van der Waals surface area contributed by atoms with Gasteiger partial charge >= 0.3 is 0 Å². The quantitative estimate of drug-likeness (QED) is 0.911. The van der Waals surface area contributed by atoms with E-state index in [0.29, 0.717) is 11.3 Å². The van der Waals surface area contributed by atoms with E-state index in [1.165, 1.54) is 11.1 Å². The fourth-order valence-corrected chi connectivity index (χ4v) is 1.96. The Labute approximate surface area is 126 Å². The van der Waals surface area contributed by atoms with E-state index < -0.39 is 0 Å². The second kappa shape index (κ2) is 6.44. The van der Waals surface area contributed by atoms with Crippen LogP contribution < -0.4 is 10.1 Å². The summed E-state index contributed by atoms with van der Waals surface area (Å²) >= 11 is 0. The van der Waals surface area contributed by atoms with Crippen LogP contribution in [0.15, 0.2) is 42.5 Å². The predicted molar refractivity (Wildman–Crippen MR) is 85.0 cm³/mol. The highest BCUT2D eigenvalue weighted by Gasteiger charge is 2.08. The first-order valence-electron chi connectivity index (χ1n) is 7.12. The van der Waals surface area contributed by atoms with Crippen molar-refractivity contribution in [2.24, 2.45) is 0 Å². The summed E-state index contributed by atoms with van der Waals surface area (Å²) < 4.78 is 5.83. The topological polar surface area (TPSA) is 38.3 Å². The van der Waals surface area contributed by atoms with E-state index in [1.807, 2.05) is 44.2 Å². The van der Waals surface area contributed by atoms with Crippen LogP contribution in [0.1, 0.15) is 35.3 Å². The van der Waals surface area contributed by atoms with Gasteiger partial charge in [0.05, 0.1) is 0 Å². The molecule has 0 aromatic heterocycles. The Kier molecular flexibility index (Phi) is 4.63. The van der Waals surface area contributed by atoms with E-state index in [2.05, 4.69) is 19.2 Å². The number of benzene rings is 2. The molecule has 3 heteroatoms. The number of ether oxygens (including phenoxy) is 1. The number of hydrogen-bond donors (Lipinski definition) is 1. The lowest BCUT2D eigenvalue weighted by Crippen LogP contribution is -2.29. The smallest absolute Gasteiger partial charge is 0.251 e. The lowest BCUT2D eigenvalue weighted by atomic mass is 10.1. The molecular formula is C18H21NO2. The van der Waals surface area contributed by atoms with Crippen molar-refractivity contribution in [2.75, 3.05) is 0 Å². The van der Waals surface area contributed by atoms with Crippen LogP contribution in [0.5, 0.6) is 11.5 Å². The van der Waals surface area contributed by atoms with Crippen molar-refractivity contribution in [3.05, 3.63) is 59.2 Å². The summed E-state index contributed by atoms with van der Waals surface area (Å²) in [6.45, 7) is 7.99. The van der Waals surface area contributed by atoms with Gasteiger partial charge in [-0.1, -0.05) is 12.1 Å². The summed E-state index contributed by atoms with van der Waals surface area (Å²) in [5.74, 6) is 1.35. The van der Waals surface area contributed by atoms with Gasteiger partial charge in [-0.2, -0.15) is 0 Å². The predicted octanol–water partition coefficient (Wildman–Crippen LogP) is 4.23. The van der Waals surface area contributed by atoms with E-state index in [1.54, 1.807) is 12.1 Å². The minimum atomic E-state index is -0.0875. The van der Waals surface area contributed by atoms with Crippen LogP contribution in [-0.2, 0) is 0 Å². The van der Waals surface area contributed by atoms with Crippen molar-refractivity contribution in [3.8, 4) is 11.5 Å². The summed E-state index contributed by atoms with van der Waals surface area (Å²) in [6.07, 6.45) is 0. The van der Waals surface area contributed by atoms with Crippen LogP contribution >= 0.6 is 0 Å². The molecule has 21 heavy (non-hydrogen) atoms. The number of amides is 1. The molecule has 0 aliphatic rings. The van der Waals surface area contributed by atoms with Gasteiger partial charge in [0.25, 0.3) is 5.91 Å². The molecular weight excluding hydrogens is 262 g/mol. The Balaban J connectivity index is 2.17. The Morgan fingerprint density at radius 3 is 2.38 bits per heavy atom. The van der Waals surface area contributed by atoms with Crippen molar-refractivity contribution >= 4 is 5.91 Å². The van der Waals surface area contributed by atoms with Gasteiger partial charge in [-0.3, -0.25) is 4.79 Å². The third-order valence-corrected chi connectivity index (χ3v) is 3.23. The molecule has 0 heterocycles. The van der Waals surface area contributed by atoms with Gasteiger partial charge in [-0.05, 0) is 69.2 Å². The van der Waals surface area contributed by atoms with Crippen LogP contribution in [0.2, 0.25) is 0 Å². The summed E-state index contributed by atoms with van der Waals surface area (Å²) in [5.41, 5.74) is 3.01. The lowest BCUT2D eigenvalue weighted by Gasteiger charge is -2.11. The molecule has 0 unspecified atom stereocenters. The van der Waals surface area contributed by atoms with Crippen LogP contribution in [0, 0.1) is 13.8 Å². The molecule has 1 N–H and O–H groups in total. The zero-order chi connectivity index (χ0) is 15.4. The minimum absolute atomic E-state index is 0.0875. The third kappa shape index (κ3) is 4.09. The third-order valence-electron chi connectivity index (χ3n) is 3.23. The van der Waals surface area contributed by atoms with Gasteiger partial charge in [0.2, 0.25) is 0 Å². The molecule has 0 spiro atoms. The molecule has 2 aromatic rings. The molecule has 0 atom stereocenters. The highest BCUT2D eigenvalue weighted by Crippen LogP contribution is 2.24. The highest BCUT2D eigenvalue weighted by molar-refractivity contribution is 5.94. The molecule has 0 fully saturated rings. The molecule has 110 valence electrons.